The summed E-state index contributed by atoms with van der Waals surface area (Å²) in [5, 5.41) is 10.8. The summed E-state index contributed by atoms with van der Waals surface area (Å²) < 4.78 is 73.5. The van der Waals surface area contributed by atoms with Gasteiger partial charge in [-0.25, -0.2) is 9.97 Å². The number of phenolic OH excluding ortho intramolecular Hbond substituents is 1. The van der Waals surface area contributed by atoms with Crippen LogP contribution in [0.25, 0.3) is 22.2 Å². The van der Waals surface area contributed by atoms with Crippen LogP contribution in [-0.2, 0) is 5.41 Å². The van der Waals surface area contributed by atoms with E-state index in [2.05, 4.69) is 31.9 Å². The van der Waals surface area contributed by atoms with Crippen molar-refractivity contribution >= 4 is 39.5 Å². The van der Waals surface area contributed by atoms with E-state index >= 15 is 0 Å². The fourth-order valence-corrected chi connectivity index (χ4v) is 4.92. The molecular weight excluding hydrogens is 456 g/mol. The van der Waals surface area contributed by atoms with Gasteiger partial charge in [-0.3, -0.25) is 4.90 Å². The van der Waals surface area contributed by atoms with Crippen LogP contribution < -0.4 is 9.80 Å². The number of pyridine rings is 2. The number of hydrogen-bond donors (Lipinski definition) is 1. The van der Waals surface area contributed by atoms with Gasteiger partial charge in [0.1, 0.15) is 17.1 Å². The van der Waals surface area contributed by atoms with Gasteiger partial charge in [-0.2, -0.15) is 0 Å². The van der Waals surface area contributed by atoms with E-state index in [0.29, 0.717) is 17.1 Å². The van der Waals surface area contributed by atoms with E-state index in [4.69, 9.17) is 12.3 Å². The molecule has 0 bridgehead atoms. The summed E-state index contributed by atoms with van der Waals surface area (Å²) >= 11 is 0. The Morgan fingerprint density at radius 2 is 1.62 bits per heavy atom. The molecule has 6 rings (SSSR count). The highest BCUT2D eigenvalue weighted by atomic mass is 16.3. The van der Waals surface area contributed by atoms with Gasteiger partial charge in [0, 0.05) is 36.5 Å². The number of aromatic hydroxyl groups is 1. The maximum absolute atomic E-state index is 10.9. The largest absolute Gasteiger partial charge is 0.506 e. The van der Waals surface area contributed by atoms with Crippen LogP contribution in [0.5, 0.6) is 5.75 Å². The van der Waals surface area contributed by atoms with E-state index in [1.54, 1.807) is 12.3 Å². The van der Waals surface area contributed by atoms with Crippen molar-refractivity contribution in [1.82, 2.24) is 9.97 Å². The fraction of sp³-hybridized carbons (Fsp3) is 0.188. The van der Waals surface area contributed by atoms with Crippen molar-refractivity contribution in [3.63, 3.8) is 0 Å². The molecule has 0 saturated carbocycles. The summed E-state index contributed by atoms with van der Waals surface area (Å²) in [4.78, 5) is 13.4. The second-order valence-electron chi connectivity index (χ2n) is 9.25. The van der Waals surface area contributed by atoms with Crippen LogP contribution >= 0.6 is 0 Å². The number of benzene rings is 3. The highest BCUT2D eigenvalue weighted by molar-refractivity contribution is 5.99. The molecule has 0 saturated heterocycles. The third-order valence-electron chi connectivity index (χ3n) is 6.72. The lowest BCUT2D eigenvalue weighted by Gasteiger charge is -2.38. The molecule has 0 amide bonds. The lowest BCUT2D eigenvalue weighted by Crippen LogP contribution is -2.24. The standard InChI is InChI=1S/C32H30N4O/c1-20-9-14-25-27(18-20)36(30-8-6-7-17-33-30)28-19-21(10-15-26(28)35(25)5)24-13-11-22-23(32(2,3)4)12-16-29(37)31(22)34-24/h6-19,37H,1-5H3/i2D3,3D3,4D3. The van der Waals surface area contributed by atoms with Gasteiger partial charge in [0.05, 0.1) is 28.4 Å². The molecule has 5 heteroatoms. The summed E-state index contributed by atoms with van der Waals surface area (Å²) in [5.41, 5.74) is 1.90. The van der Waals surface area contributed by atoms with Crippen LogP contribution in [-0.4, -0.2) is 22.1 Å². The third kappa shape index (κ3) is 3.78. The molecule has 5 aromatic rings. The normalized spacial score (nSPS) is 17.6. The first kappa shape index (κ1) is 15.0. The molecular formula is C32H30N4O. The Kier molecular flexibility index (Phi) is 3.38. The molecule has 5 nitrogen and oxygen atoms in total. The number of aromatic nitrogens is 2. The van der Waals surface area contributed by atoms with E-state index in [9.17, 15) is 5.11 Å². The van der Waals surface area contributed by atoms with Crippen LogP contribution in [0.2, 0.25) is 0 Å². The lowest BCUT2D eigenvalue weighted by molar-refractivity contribution is 0.479. The van der Waals surface area contributed by atoms with Crippen molar-refractivity contribution in [1.29, 1.82) is 0 Å². The number of rotatable bonds is 2. The predicted octanol–water partition coefficient (Wildman–Crippen LogP) is 8.16. The molecule has 0 radical (unpaired) electrons. The van der Waals surface area contributed by atoms with Crippen molar-refractivity contribution in [2.75, 3.05) is 16.8 Å². The first-order valence-corrected chi connectivity index (χ1v) is 11.8. The molecule has 37 heavy (non-hydrogen) atoms. The van der Waals surface area contributed by atoms with Gasteiger partial charge in [0.15, 0.2) is 0 Å². The fourth-order valence-electron chi connectivity index (χ4n) is 4.92. The minimum Gasteiger partial charge on any atom is -0.506 e. The molecule has 0 unspecified atom stereocenters. The van der Waals surface area contributed by atoms with Crippen molar-refractivity contribution in [2.24, 2.45) is 0 Å². The van der Waals surface area contributed by atoms with E-state index in [1.807, 2.05) is 56.4 Å². The van der Waals surface area contributed by atoms with Gasteiger partial charge in [-0.15, -0.1) is 0 Å². The van der Waals surface area contributed by atoms with Crippen LogP contribution in [0.1, 0.15) is 44.0 Å². The van der Waals surface area contributed by atoms with Crippen molar-refractivity contribution in [3.05, 3.63) is 96.2 Å². The first-order valence-electron chi connectivity index (χ1n) is 16.3. The van der Waals surface area contributed by atoms with Crippen LogP contribution in [0, 0.1) is 6.92 Å². The van der Waals surface area contributed by atoms with E-state index in [-0.39, 0.29) is 16.7 Å². The van der Waals surface area contributed by atoms with Gasteiger partial charge in [0.25, 0.3) is 0 Å². The van der Waals surface area contributed by atoms with Gasteiger partial charge >= 0.3 is 0 Å². The van der Waals surface area contributed by atoms with Gasteiger partial charge < -0.3 is 10.0 Å². The maximum Gasteiger partial charge on any atom is 0.141 e. The molecule has 0 aliphatic carbocycles. The second kappa shape index (κ2) is 8.34. The smallest absolute Gasteiger partial charge is 0.141 e. The van der Waals surface area contributed by atoms with Crippen molar-refractivity contribution in [2.45, 2.75) is 32.9 Å². The molecule has 3 aromatic carbocycles. The van der Waals surface area contributed by atoms with E-state index in [1.165, 1.54) is 6.07 Å². The summed E-state index contributed by atoms with van der Waals surface area (Å²) in [6.07, 6.45) is 1.72. The molecule has 0 atom stereocenters. The average Bonchev–Trinajstić information content (AvgIpc) is 2.96. The van der Waals surface area contributed by atoms with Crippen molar-refractivity contribution < 1.29 is 17.4 Å². The summed E-state index contributed by atoms with van der Waals surface area (Å²) in [6.45, 7) is -8.36. The molecule has 1 aliphatic rings. The predicted molar refractivity (Wildman–Crippen MR) is 153 cm³/mol. The zero-order chi connectivity index (χ0) is 33.4. The van der Waals surface area contributed by atoms with E-state index < -0.39 is 31.5 Å². The van der Waals surface area contributed by atoms with Crippen LogP contribution in [0.3, 0.4) is 0 Å². The summed E-state index contributed by atoms with van der Waals surface area (Å²) in [5.74, 6) is 0.346. The Morgan fingerprint density at radius 3 is 2.38 bits per heavy atom. The highest BCUT2D eigenvalue weighted by Gasteiger charge is 2.29. The molecule has 0 fully saturated rings. The van der Waals surface area contributed by atoms with Gasteiger partial charge in [0.2, 0.25) is 0 Å². The van der Waals surface area contributed by atoms with Gasteiger partial charge in [-0.05, 0) is 72.0 Å². The average molecular weight is 496 g/mol. The van der Waals surface area contributed by atoms with E-state index in [0.717, 1.165) is 40.4 Å². The number of fused-ring (bicyclic) bond motifs is 3. The lowest BCUT2D eigenvalue weighted by atomic mass is 9.84. The minimum absolute atomic E-state index is 0.0793. The topological polar surface area (TPSA) is 52.5 Å². The number of hydrogen-bond acceptors (Lipinski definition) is 5. The maximum atomic E-state index is 10.9. The Balaban J connectivity index is 1.57. The van der Waals surface area contributed by atoms with Crippen LogP contribution in [0.4, 0.5) is 28.6 Å². The number of aryl methyl sites for hydroxylation is 1. The Bertz CT molecular complexity index is 1940. The number of phenols is 1. The SMILES string of the molecule is [2H]C([2H])([2H])C(c1ccc(O)c2nc(-c3ccc4c(c3)N(c3ccccn3)c3cc(C)ccc3N4C)ccc12)(C([2H])([2H])[2H])C([2H])([2H])[2H]. The monoisotopic (exact) mass is 495 g/mol. The number of nitrogens with zero attached hydrogens (tertiary/aromatic N) is 4. The zero-order valence-corrected chi connectivity index (χ0v) is 20.3. The minimum atomic E-state index is -3.46. The highest BCUT2D eigenvalue weighted by Crippen LogP contribution is 2.51. The number of anilines is 5. The molecule has 3 heterocycles. The first-order chi connectivity index (χ1) is 21.5. The van der Waals surface area contributed by atoms with Crippen molar-refractivity contribution in [3.8, 4) is 17.0 Å². The Labute approximate surface area is 230 Å². The summed E-state index contributed by atoms with van der Waals surface area (Å²) in [6, 6.07) is 22.7. The molecule has 2 aromatic heterocycles. The Hall–Kier alpha value is -4.38. The molecule has 0 spiro atoms. The molecule has 1 aliphatic heterocycles. The van der Waals surface area contributed by atoms with Crippen LogP contribution in [0.15, 0.2) is 85.1 Å². The summed E-state index contributed by atoms with van der Waals surface area (Å²) in [7, 11) is 1.98. The third-order valence-corrected chi connectivity index (χ3v) is 6.72. The zero-order valence-electron chi connectivity index (χ0n) is 29.3. The Morgan fingerprint density at radius 1 is 0.838 bits per heavy atom. The molecule has 184 valence electrons. The molecule has 1 N–H and O–H groups in total. The van der Waals surface area contributed by atoms with Gasteiger partial charge in [-0.1, -0.05) is 50.9 Å². The quantitative estimate of drug-likeness (QED) is 0.268. The second-order valence-corrected chi connectivity index (χ2v) is 9.25.